The molecule has 3 aromatic rings. The maximum atomic E-state index is 4.97. The molecule has 0 radical (unpaired) electrons. The van der Waals surface area contributed by atoms with Crippen LogP contribution in [0.5, 0.6) is 0 Å². The number of benzene rings is 1. The van der Waals surface area contributed by atoms with Gasteiger partial charge in [-0.15, -0.1) is 0 Å². The number of anilines is 1. The van der Waals surface area contributed by atoms with E-state index in [1.54, 1.807) is 0 Å². The fourth-order valence-electron chi connectivity index (χ4n) is 4.25. The Hall–Kier alpha value is -2.29. The van der Waals surface area contributed by atoms with Gasteiger partial charge >= 0.3 is 0 Å². The Morgan fingerprint density at radius 2 is 1.65 bits per heavy atom. The van der Waals surface area contributed by atoms with Crippen LogP contribution >= 0.6 is 0 Å². The maximum absolute atomic E-state index is 4.97. The first-order valence-electron chi connectivity index (χ1n) is 9.67. The van der Waals surface area contributed by atoms with Crippen molar-refractivity contribution < 1.29 is 0 Å². The first-order valence-corrected chi connectivity index (χ1v) is 9.67. The Bertz CT molecular complexity index is 927. The van der Waals surface area contributed by atoms with E-state index in [4.69, 9.17) is 4.98 Å². The predicted molar refractivity (Wildman–Crippen MR) is 113 cm³/mol. The summed E-state index contributed by atoms with van der Waals surface area (Å²) in [5, 5.41) is 0. The van der Waals surface area contributed by atoms with Gasteiger partial charge < -0.3 is 9.47 Å². The number of fused-ring (bicyclic) bond motifs is 1. The number of rotatable bonds is 5. The fourth-order valence-corrected chi connectivity index (χ4v) is 4.25. The van der Waals surface area contributed by atoms with Crippen LogP contribution in [-0.4, -0.2) is 22.6 Å². The van der Waals surface area contributed by atoms with Crippen molar-refractivity contribution >= 4 is 16.7 Å². The Balaban J connectivity index is 2.33. The van der Waals surface area contributed by atoms with E-state index in [-0.39, 0.29) is 0 Å². The van der Waals surface area contributed by atoms with E-state index >= 15 is 0 Å². The van der Waals surface area contributed by atoms with Crippen LogP contribution in [0.1, 0.15) is 42.7 Å². The normalized spacial score (nSPS) is 11.3. The van der Waals surface area contributed by atoms with Crippen molar-refractivity contribution in [2.45, 2.75) is 48.0 Å². The molecular weight excluding hydrogens is 318 g/mol. The summed E-state index contributed by atoms with van der Waals surface area (Å²) in [6, 6.07) is 6.78. The van der Waals surface area contributed by atoms with Gasteiger partial charge in [0.25, 0.3) is 0 Å². The fraction of sp³-hybridized carbons (Fsp3) is 0.435. The van der Waals surface area contributed by atoms with Crippen LogP contribution in [0.4, 0.5) is 5.69 Å². The standard InChI is InChI=1S/C23H31N3/c1-8-10-26(9-2)20-13-18(6)24-22-19(14-25(7)23(20)22)21-16(4)11-15(3)12-17(21)5/h11-14H,8-10H2,1-7H3. The molecule has 3 nitrogen and oxygen atoms in total. The van der Waals surface area contributed by atoms with Crippen molar-refractivity contribution in [3.63, 3.8) is 0 Å². The summed E-state index contributed by atoms with van der Waals surface area (Å²) in [6.45, 7) is 15.2. The molecule has 0 unspecified atom stereocenters. The van der Waals surface area contributed by atoms with Gasteiger partial charge in [-0.05, 0) is 63.8 Å². The summed E-state index contributed by atoms with van der Waals surface area (Å²) in [7, 11) is 2.14. The SMILES string of the molecule is CCCN(CC)c1cc(C)nc2c(-c3c(C)cc(C)cc3C)cn(C)c12. The van der Waals surface area contributed by atoms with Crippen LogP contribution in [0.2, 0.25) is 0 Å². The zero-order valence-electron chi connectivity index (χ0n) is 17.3. The van der Waals surface area contributed by atoms with Crippen molar-refractivity contribution in [1.29, 1.82) is 0 Å². The van der Waals surface area contributed by atoms with Crippen molar-refractivity contribution in [3.8, 4) is 11.1 Å². The summed E-state index contributed by atoms with van der Waals surface area (Å²) in [5.74, 6) is 0. The van der Waals surface area contributed by atoms with Gasteiger partial charge in [0.05, 0.1) is 16.7 Å². The second-order valence-corrected chi connectivity index (χ2v) is 7.49. The Morgan fingerprint density at radius 1 is 1.00 bits per heavy atom. The molecule has 3 heteroatoms. The van der Waals surface area contributed by atoms with E-state index in [0.717, 1.165) is 30.7 Å². The molecule has 0 bridgehead atoms. The van der Waals surface area contributed by atoms with Gasteiger partial charge in [0, 0.05) is 37.6 Å². The van der Waals surface area contributed by atoms with Crippen LogP contribution in [-0.2, 0) is 7.05 Å². The molecule has 0 amide bonds. The lowest BCUT2D eigenvalue weighted by Crippen LogP contribution is -2.24. The minimum atomic E-state index is 1.01. The molecule has 0 aliphatic heterocycles. The molecule has 0 saturated carbocycles. The molecular formula is C23H31N3. The number of aromatic nitrogens is 2. The van der Waals surface area contributed by atoms with Gasteiger partial charge in [-0.1, -0.05) is 24.6 Å². The van der Waals surface area contributed by atoms with Gasteiger partial charge in [-0.3, -0.25) is 4.98 Å². The molecule has 138 valence electrons. The van der Waals surface area contributed by atoms with Crippen molar-refractivity contribution in [3.05, 3.63) is 46.8 Å². The second kappa shape index (κ2) is 7.14. The van der Waals surface area contributed by atoms with E-state index in [9.17, 15) is 0 Å². The van der Waals surface area contributed by atoms with Gasteiger partial charge in [-0.25, -0.2) is 0 Å². The third-order valence-corrected chi connectivity index (χ3v) is 5.19. The zero-order valence-corrected chi connectivity index (χ0v) is 17.3. The van der Waals surface area contributed by atoms with Gasteiger partial charge in [0.15, 0.2) is 0 Å². The summed E-state index contributed by atoms with van der Waals surface area (Å²) in [6.07, 6.45) is 3.40. The van der Waals surface area contributed by atoms with Crippen LogP contribution < -0.4 is 4.90 Å². The van der Waals surface area contributed by atoms with Crippen molar-refractivity contribution in [2.75, 3.05) is 18.0 Å². The molecule has 0 spiro atoms. The maximum Gasteiger partial charge on any atom is 0.0984 e. The molecule has 3 rings (SSSR count). The lowest BCUT2D eigenvalue weighted by Gasteiger charge is -2.24. The molecule has 0 atom stereocenters. The first kappa shape index (κ1) is 18.5. The molecule has 0 aliphatic carbocycles. The van der Waals surface area contributed by atoms with Gasteiger partial charge in [-0.2, -0.15) is 0 Å². The van der Waals surface area contributed by atoms with Crippen LogP contribution in [0.3, 0.4) is 0 Å². The van der Waals surface area contributed by atoms with E-state index in [0.29, 0.717) is 0 Å². The third-order valence-electron chi connectivity index (χ3n) is 5.19. The number of pyridine rings is 1. The largest absolute Gasteiger partial charge is 0.370 e. The molecule has 0 saturated heterocycles. The third kappa shape index (κ3) is 3.11. The van der Waals surface area contributed by atoms with Crippen LogP contribution in [0.25, 0.3) is 22.2 Å². The highest BCUT2D eigenvalue weighted by atomic mass is 15.1. The van der Waals surface area contributed by atoms with E-state index in [1.807, 2.05) is 0 Å². The summed E-state index contributed by atoms with van der Waals surface area (Å²) < 4.78 is 2.25. The minimum absolute atomic E-state index is 1.01. The molecule has 0 N–H and O–H groups in total. The number of hydrogen-bond donors (Lipinski definition) is 0. The Morgan fingerprint density at radius 3 is 2.23 bits per heavy atom. The first-order chi connectivity index (χ1) is 12.4. The molecule has 26 heavy (non-hydrogen) atoms. The number of aryl methyl sites for hydroxylation is 5. The van der Waals surface area contributed by atoms with Gasteiger partial charge in [0.1, 0.15) is 0 Å². The highest BCUT2D eigenvalue weighted by molar-refractivity contribution is 6.01. The molecule has 0 fully saturated rings. The minimum Gasteiger partial charge on any atom is -0.370 e. The lowest BCUT2D eigenvalue weighted by molar-refractivity contribution is 0.790. The number of nitrogens with zero attached hydrogens (tertiary/aromatic N) is 3. The molecule has 0 aliphatic rings. The topological polar surface area (TPSA) is 21.1 Å². The van der Waals surface area contributed by atoms with E-state index < -0.39 is 0 Å². The molecule has 2 aromatic heterocycles. The van der Waals surface area contributed by atoms with E-state index in [1.165, 1.54) is 39.0 Å². The van der Waals surface area contributed by atoms with Crippen LogP contribution in [0.15, 0.2) is 24.4 Å². The quantitative estimate of drug-likeness (QED) is 0.588. The second-order valence-electron chi connectivity index (χ2n) is 7.49. The lowest BCUT2D eigenvalue weighted by atomic mass is 9.94. The smallest absolute Gasteiger partial charge is 0.0984 e. The summed E-state index contributed by atoms with van der Waals surface area (Å²) in [5.41, 5.74) is 11.3. The molecule has 1 aromatic carbocycles. The number of hydrogen-bond acceptors (Lipinski definition) is 2. The van der Waals surface area contributed by atoms with Crippen molar-refractivity contribution in [2.24, 2.45) is 7.05 Å². The summed E-state index contributed by atoms with van der Waals surface area (Å²) in [4.78, 5) is 7.44. The van der Waals surface area contributed by atoms with E-state index in [2.05, 4.69) is 82.5 Å². The highest BCUT2D eigenvalue weighted by Gasteiger charge is 2.19. The zero-order chi connectivity index (χ0) is 19.0. The van der Waals surface area contributed by atoms with Crippen molar-refractivity contribution in [1.82, 2.24) is 9.55 Å². The Labute approximate surface area is 157 Å². The monoisotopic (exact) mass is 349 g/mol. The summed E-state index contributed by atoms with van der Waals surface area (Å²) >= 11 is 0. The predicted octanol–water partition coefficient (Wildman–Crippen LogP) is 5.71. The highest BCUT2D eigenvalue weighted by Crippen LogP contribution is 2.38. The van der Waals surface area contributed by atoms with Gasteiger partial charge in [0.2, 0.25) is 0 Å². The average Bonchev–Trinajstić information content (AvgIpc) is 2.87. The molecule has 2 heterocycles. The Kier molecular flexibility index (Phi) is 5.08. The van der Waals surface area contributed by atoms with Crippen LogP contribution in [0, 0.1) is 27.7 Å². The average molecular weight is 350 g/mol.